The molecular formula is C41H28F12P2. The lowest BCUT2D eigenvalue weighted by atomic mass is 9.92. The fourth-order valence-corrected chi connectivity index (χ4v) is 12.0. The highest BCUT2D eigenvalue weighted by atomic mass is 31.1. The molecule has 0 bridgehead atoms. The smallest absolute Gasteiger partial charge is 0.166 e. The van der Waals surface area contributed by atoms with Crippen LogP contribution >= 0.6 is 15.8 Å². The van der Waals surface area contributed by atoms with E-state index >= 15 is 0 Å². The van der Waals surface area contributed by atoms with Gasteiger partial charge in [0.15, 0.2) is 0 Å². The second-order valence-electron chi connectivity index (χ2n) is 12.7. The van der Waals surface area contributed by atoms with Gasteiger partial charge in [0.2, 0.25) is 0 Å². The molecule has 286 valence electrons. The molecule has 0 saturated carbocycles. The number of rotatable bonds is 8. The van der Waals surface area contributed by atoms with Crippen LogP contribution in [0.4, 0.5) is 52.7 Å². The zero-order valence-corrected chi connectivity index (χ0v) is 30.2. The summed E-state index contributed by atoms with van der Waals surface area (Å²) in [7, 11) is -4.06. The molecule has 0 fully saturated rings. The monoisotopic (exact) mass is 810 g/mol. The largest absolute Gasteiger partial charge is 0.416 e. The second kappa shape index (κ2) is 15.3. The minimum atomic E-state index is -5.33. The van der Waals surface area contributed by atoms with Gasteiger partial charge in [-0.3, -0.25) is 0 Å². The van der Waals surface area contributed by atoms with E-state index in [1.54, 1.807) is 24.3 Å². The fraction of sp³-hybridized carbons (Fsp3) is 0.171. The van der Waals surface area contributed by atoms with Crippen LogP contribution in [-0.2, 0) is 24.7 Å². The van der Waals surface area contributed by atoms with Crippen LogP contribution in [0.5, 0.6) is 0 Å². The van der Waals surface area contributed by atoms with Crippen molar-refractivity contribution in [2.75, 3.05) is 0 Å². The van der Waals surface area contributed by atoms with Crippen molar-refractivity contribution in [1.29, 1.82) is 0 Å². The maximum atomic E-state index is 14.2. The summed E-state index contributed by atoms with van der Waals surface area (Å²) in [6, 6.07) is 27.6. The number of hydrogen-bond donors (Lipinski definition) is 0. The molecule has 0 nitrogen and oxygen atoms in total. The zero-order chi connectivity index (χ0) is 39.9. The topological polar surface area (TPSA) is 0 Å². The Morgan fingerprint density at radius 3 is 1.25 bits per heavy atom. The van der Waals surface area contributed by atoms with Gasteiger partial charge in [0.1, 0.15) is 0 Å². The van der Waals surface area contributed by atoms with Crippen molar-refractivity contribution in [1.82, 2.24) is 0 Å². The third kappa shape index (κ3) is 8.86. The molecule has 1 aliphatic rings. The van der Waals surface area contributed by atoms with E-state index in [0.717, 1.165) is 15.9 Å². The summed E-state index contributed by atoms with van der Waals surface area (Å²) in [4.78, 5) is 0. The van der Waals surface area contributed by atoms with Crippen LogP contribution in [0, 0.1) is 0 Å². The van der Waals surface area contributed by atoms with E-state index in [-0.39, 0.29) is 12.1 Å². The third-order valence-corrected chi connectivity index (χ3v) is 14.3. The summed E-state index contributed by atoms with van der Waals surface area (Å²) in [6.45, 7) is 1.42. The van der Waals surface area contributed by atoms with Gasteiger partial charge in [-0.2, -0.15) is 52.7 Å². The zero-order valence-electron chi connectivity index (χ0n) is 28.4. The van der Waals surface area contributed by atoms with Crippen LogP contribution in [0.25, 0.3) is 0 Å². The summed E-state index contributed by atoms with van der Waals surface area (Å²) in [5.41, 5.74) is -7.02. The van der Waals surface area contributed by atoms with Crippen LogP contribution in [0.15, 0.2) is 145 Å². The van der Waals surface area contributed by atoms with Crippen molar-refractivity contribution in [3.8, 4) is 0 Å². The molecule has 55 heavy (non-hydrogen) atoms. The van der Waals surface area contributed by atoms with E-state index in [9.17, 15) is 52.7 Å². The molecule has 5 aromatic carbocycles. The van der Waals surface area contributed by atoms with Crippen LogP contribution in [0.2, 0.25) is 0 Å². The predicted octanol–water partition coefficient (Wildman–Crippen LogP) is 11.6. The quantitative estimate of drug-likeness (QED) is 0.108. The van der Waals surface area contributed by atoms with Crippen molar-refractivity contribution in [3.63, 3.8) is 0 Å². The maximum absolute atomic E-state index is 14.2. The Balaban J connectivity index is 1.57. The van der Waals surface area contributed by atoms with Gasteiger partial charge in [0.25, 0.3) is 0 Å². The Labute approximate surface area is 310 Å². The molecule has 1 aliphatic carbocycles. The molecular weight excluding hydrogens is 782 g/mol. The summed E-state index contributed by atoms with van der Waals surface area (Å²) in [5, 5.41) is 1.41. The molecule has 0 unspecified atom stereocenters. The van der Waals surface area contributed by atoms with Gasteiger partial charge in [-0.1, -0.05) is 116 Å². The van der Waals surface area contributed by atoms with Gasteiger partial charge < -0.3 is 0 Å². The van der Waals surface area contributed by atoms with Crippen molar-refractivity contribution < 1.29 is 52.7 Å². The lowest BCUT2D eigenvalue weighted by Crippen LogP contribution is -2.28. The van der Waals surface area contributed by atoms with Crippen molar-refractivity contribution in [2.24, 2.45) is 0 Å². The highest BCUT2D eigenvalue weighted by Crippen LogP contribution is 2.51. The second-order valence-corrected chi connectivity index (χ2v) is 17.4. The Kier molecular flexibility index (Phi) is 11.2. The van der Waals surface area contributed by atoms with E-state index in [1.807, 2.05) is 78.9 Å². The molecule has 5 aromatic rings. The summed E-state index contributed by atoms with van der Waals surface area (Å²) in [5.74, 6) is -0.686. The van der Waals surface area contributed by atoms with E-state index in [0.29, 0.717) is 35.4 Å². The van der Waals surface area contributed by atoms with Crippen molar-refractivity contribution in [3.05, 3.63) is 173 Å². The van der Waals surface area contributed by atoms with E-state index in [4.69, 9.17) is 0 Å². The van der Waals surface area contributed by atoms with E-state index < -0.39 is 85.0 Å². The summed E-state index contributed by atoms with van der Waals surface area (Å²) < 4.78 is 170. The Morgan fingerprint density at radius 1 is 0.473 bits per heavy atom. The highest BCUT2D eigenvalue weighted by molar-refractivity contribution is 7.80. The molecule has 0 aliphatic heterocycles. The van der Waals surface area contributed by atoms with Crippen molar-refractivity contribution in [2.45, 2.75) is 43.2 Å². The molecule has 0 spiro atoms. The van der Waals surface area contributed by atoms with Crippen molar-refractivity contribution >= 4 is 42.4 Å². The van der Waals surface area contributed by atoms with Gasteiger partial charge in [-0.25, -0.2) is 0 Å². The standard InChI is InChI=1S/C41H28F12P2/c1-25(34-16-10-17-35(34)36-15-8-9-18-37(36)55(30-11-4-2-5-12-30)31-13-6-3-7-14-31)54(32-21-26(38(42,43)44)19-27(22-32)39(45,46)47)33-23-28(40(48,49)50)20-29(24-33)41(51,52)53/h2-25,35H,1H3/t25-,35-/m1/s1. The summed E-state index contributed by atoms with van der Waals surface area (Å²) in [6.07, 6.45) is -16.4. The van der Waals surface area contributed by atoms with Gasteiger partial charge >= 0.3 is 24.7 Å². The molecule has 6 rings (SSSR count). The van der Waals surface area contributed by atoms with E-state index in [2.05, 4.69) is 0 Å². The Hall–Kier alpha value is -4.40. The first-order valence-electron chi connectivity index (χ1n) is 16.5. The Morgan fingerprint density at radius 2 is 0.855 bits per heavy atom. The van der Waals surface area contributed by atoms with E-state index in [1.165, 1.54) is 6.92 Å². The molecule has 0 radical (unpaired) electrons. The molecule has 14 heteroatoms. The SMILES string of the molecule is C[C@H](C1=CC=C[C@H]1c1ccccc1P(c1ccccc1)c1ccccc1)P(c1cc(C(F)(F)F)cc(C(F)(F)F)c1)c1cc(C(F)(F)F)cc(C(F)(F)F)c1. The minimum Gasteiger partial charge on any atom is -0.166 e. The maximum Gasteiger partial charge on any atom is 0.416 e. The van der Waals surface area contributed by atoms with Crippen LogP contribution in [-0.4, -0.2) is 5.66 Å². The third-order valence-electron chi connectivity index (χ3n) is 9.06. The summed E-state index contributed by atoms with van der Waals surface area (Å²) >= 11 is 0. The first-order chi connectivity index (χ1) is 25.7. The first kappa shape index (κ1) is 40.3. The van der Waals surface area contributed by atoms with Crippen LogP contribution in [0.1, 0.15) is 40.7 Å². The van der Waals surface area contributed by atoms with Gasteiger partial charge in [-0.05, 0) is 84.3 Å². The lowest BCUT2D eigenvalue weighted by Gasteiger charge is -2.33. The highest BCUT2D eigenvalue weighted by Gasteiger charge is 2.42. The lowest BCUT2D eigenvalue weighted by molar-refractivity contribution is -0.144. The van der Waals surface area contributed by atoms with Crippen LogP contribution < -0.4 is 26.5 Å². The average Bonchev–Trinajstić information content (AvgIpc) is 3.61. The van der Waals surface area contributed by atoms with Gasteiger partial charge in [0, 0.05) is 11.6 Å². The minimum absolute atomic E-state index is 0.125. The molecule has 0 heterocycles. The fourth-order valence-electron chi connectivity index (χ4n) is 6.61. The normalized spacial score (nSPS) is 15.8. The predicted molar refractivity (Wildman–Crippen MR) is 194 cm³/mol. The molecule has 0 aromatic heterocycles. The number of benzene rings is 5. The Bertz CT molecular complexity index is 2020. The number of alkyl halides is 12. The number of hydrogen-bond acceptors (Lipinski definition) is 0. The van der Waals surface area contributed by atoms with Crippen LogP contribution in [0.3, 0.4) is 0 Å². The average molecular weight is 811 g/mol. The van der Waals surface area contributed by atoms with Gasteiger partial charge in [-0.15, -0.1) is 0 Å². The number of allylic oxidation sites excluding steroid dienone is 4. The number of halogens is 12. The molecule has 2 atom stereocenters. The molecule has 0 saturated heterocycles. The molecule has 0 N–H and O–H groups in total. The van der Waals surface area contributed by atoms with Gasteiger partial charge in [0.05, 0.1) is 22.3 Å². The molecule has 0 amide bonds. The first-order valence-corrected chi connectivity index (χ1v) is 19.2.